The Balaban J connectivity index is 2.12. The van der Waals surface area contributed by atoms with Crippen LogP contribution in [0.2, 0.25) is 5.02 Å². The van der Waals surface area contributed by atoms with E-state index in [0.29, 0.717) is 23.3 Å². The van der Waals surface area contributed by atoms with Crippen LogP contribution >= 0.6 is 31.0 Å². The highest BCUT2D eigenvalue weighted by atomic mass is 35.5. The molecular weight excluding hydrogens is 409 g/mol. The molecule has 7 heteroatoms. The van der Waals surface area contributed by atoms with Gasteiger partial charge in [0.15, 0.2) is 5.11 Å². The molecule has 0 aliphatic carbocycles. The minimum absolute atomic E-state index is 0.0993. The lowest BCUT2D eigenvalue weighted by Gasteiger charge is -2.46. The van der Waals surface area contributed by atoms with Crippen molar-refractivity contribution >= 4 is 47.1 Å². The summed E-state index contributed by atoms with van der Waals surface area (Å²) in [6.45, 7) is 9.88. The van der Waals surface area contributed by atoms with Gasteiger partial charge in [0, 0.05) is 23.6 Å². The second-order valence-corrected chi connectivity index (χ2v) is 12.3. The van der Waals surface area contributed by atoms with Crippen LogP contribution in [0.1, 0.15) is 20.8 Å². The molecule has 4 nitrogen and oxygen atoms in total. The Kier molecular flexibility index (Phi) is 6.95. The van der Waals surface area contributed by atoms with Crippen molar-refractivity contribution in [2.45, 2.75) is 25.9 Å². The Morgan fingerprint density at radius 3 is 2.29 bits per heavy atom. The SMILES string of the molecule is CC(C)(C)P(=NC(=S)Nc1ccccc1Cl)(c1ccccc1)N1CCOCC1. The Bertz CT molecular complexity index is 877. The minimum atomic E-state index is -2.18. The number of benzene rings is 2. The number of nitrogens with zero attached hydrogens (tertiary/aromatic N) is 2. The van der Waals surface area contributed by atoms with Crippen molar-refractivity contribution in [1.82, 2.24) is 4.67 Å². The molecule has 0 bridgehead atoms. The fraction of sp³-hybridized carbons (Fsp3) is 0.381. The molecule has 0 aromatic heterocycles. The van der Waals surface area contributed by atoms with E-state index >= 15 is 0 Å². The van der Waals surface area contributed by atoms with Crippen molar-refractivity contribution < 1.29 is 4.74 Å². The number of rotatable bonds is 3. The smallest absolute Gasteiger partial charge is 0.197 e. The number of morpholine rings is 1. The largest absolute Gasteiger partial charge is 0.379 e. The van der Waals surface area contributed by atoms with Gasteiger partial charge in [0.25, 0.3) is 0 Å². The maximum absolute atomic E-state index is 6.31. The van der Waals surface area contributed by atoms with Gasteiger partial charge in [-0.3, -0.25) is 4.67 Å². The lowest BCUT2D eigenvalue weighted by atomic mass is 10.3. The average molecular weight is 436 g/mol. The molecule has 1 N–H and O–H groups in total. The maximum atomic E-state index is 6.31. The van der Waals surface area contributed by atoms with Gasteiger partial charge in [-0.25, -0.2) is 4.74 Å². The van der Waals surface area contributed by atoms with Crippen LogP contribution in [0.25, 0.3) is 0 Å². The zero-order chi connectivity index (χ0) is 20.2. The van der Waals surface area contributed by atoms with Crippen LogP contribution in [0.4, 0.5) is 5.69 Å². The first-order valence-corrected chi connectivity index (χ1v) is 11.9. The Morgan fingerprint density at radius 2 is 1.68 bits per heavy atom. The van der Waals surface area contributed by atoms with Gasteiger partial charge < -0.3 is 10.1 Å². The predicted molar refractivity (Wildman–Crippen MR) is 125 cm³/mol. The molecule has 2 aromatic rings. The van der Waals surface area contributed by atoms with Crippen LogP contribution in [0.3, 0.4) is 0 Å². The van der Waals surface area contributed by atoms with Gasteiger partial charge in [0.1, 0.15) is 0 Å². The van der Waals surface area contributed by atoms with Gasteiger partial charge in [-0.2, -0.15) is 0 Å². The van der Waals surface area contributed by atoms with Gasteiger partial charge in [0.05, 0.1) is 31.1 Å². The average Bonchev–Trinajstić information content (AvgIpc) is 2.68. The lowest BCUT2D eigenvalue weighted by molar-refractivity contribution is 0.0738. The van der Waals surface area contributed by atoms with E-state index in [1.807, 2.05) is 30.3 Å². The summed E-state index contributed by atoms with van der Waals surface area (Å²) in [7, 11) is -2.18. The highest BCUT2D eigenvalue weighted by Crippen LogP contribution is 2.62. The number of ether oxygens (including phenoxy) is 1. The van der Waals surface area contributed by atoms with E-state index in [1.165, 1.54) is 5.30 Å². The molecule has 28 heavy (non-hydrogen) atoms. The van der Waals surface area contributed by atoms with E-state index in [2.05, 4.69) is 55.0 Å². The normalized spacial score (nSPS) is 17.6. The van der Waals surface area contributed by atoms with Crippen LogP contribution in [0.5, 0.6) is 0 Å². The van der Waals surface area contributed by atoms with Crippen LogP contribution in [0, 0.1) is 0 Å². The maximum Gasteiger partial charge on any atom is 0.197 e. The summed E-state index contributed by atoms with van der Waals surface area (Å²) in [5, 5.41) is 5.47. The van der Waals surface area contributed by atoms with E-state index < -0.39 is 7.21 Å². The summed E-state index contributed by atoms with van der Waals surface area (Å²) in [5.41, 5.74) is 0.778. The molecule has 1 saturated heterocycles. The molecule has 1 atom stereocenters. The van der Waals surface area contributed by atoms with Crippen LogP contribution < -0.4 is 10.6 Å². The third-order valence-electron chi connectivity index (χ3n) is 4.80. The molecule has 0 radical (unpaired) electrons. The number of hydrogen-bond acceptors (Lipinski definition) is 2. The summed E-state index contributed by atoms with van der Waals surface area (Å²) in [4.78, 5) is 0. The Morgan fingerprint density at radius 1 is 1.07 bits per heavy atom. The van der Waals surface area contributed by atoms with Gasteiger partial charge >= 0.3 is 0 Å². The van der Waals surface area contributed by atoms with Crippen LogP contribution in [-0.2, 0) is 4.74 Å². The molecule has 0 amide bonds. The van der Waals surface area contributed by atoms with Crippen molar-refractivity contribution in [3.63, 3.8) is 0 Å². The number of anilines is 1. The van der Waals surface area contributed by atoms with E-state index in [9.17, 15) is 0 Å². The first-order valence-electron chi connectivity index (χ1n) is 9.41. The number of nitrogens with one attached hydrogen (secondary N) is 1. The van der Waals surface area contributed by atoms with E-state index in [-0.39, 0.29) is 5.16 Å². The van der Waals surface area contributed by atoms with Crippen molar-refractivity contribution in [2.75, 3.05) is 31.6 Å². The molecule has 1 fully saturated rings. The van der Waals surface area contributed by atoms with Crippen LogP contribution in [0.15, 0.2) is 59.3 Å². The van der Waals surface area contributed by atoms with Crippen molar-refractivity contribution in [2.24, 2.45) is 4.74 Å². The van der Waals surface area contributed by atoms with Crippen LogP contribution in [-0.4, -0.2) is 41.2 Å². The summed E-state index contributed by atoms with van der Waals surface area (Å²) < 4.78 is 13.4. The summed E-state index contributed by atoms with van der Waals surface area (Å²) in [6.07, 6.45) is 0. The zero-order valence-corrected chi connectivity index (χ0v) is 19.0. The van der Waals surface area contributed by atoms with Gasteiger partial charge in [0.2, 0.25) is 0 Å². The topological polar surface area (TPSA) is 36.9 Å². The fourth-order valence-corrected chi connectivity index (χ4v) is 8.34. The molecule has 2 aromatic carbocycles. The van der Waals surface area contributed by atoms with E-state index in [0.717, 1.165) is 18.8 Å². The third-order valence-corrected chi connectivity index (χ3v) is 10.1. The number of para-hydroxylation sites is 1. The third kappa shape index (κ3) is 4.50. The first kappa shape index (κ1) is 21.5. The lowest BCUT2D eigenvalue weighted by Crippen LogP contribution is -2.43. The second kappa shape index (κ2) is 9.06. The number of halogens is 1. The number of hydrogen-bond donors (Lipinski definition) is 1. The molecule has 1 aliphatic heterocycles. The Labute approximate surface area is 178 Å². The minimum Gasteiger partial charge on any atom is -0.379 e. The summed E-state index contributed by atoms with van der Waals surface area (Å²) in [6, 6.07) is 18.1. The van der Waals surface area contributed by atoms with E-state index in [1.54, 1.807) is 0 Å². The standard InChI is InChI=1S/C21H27ClN3OPS/c1-21(2,3)27(17-9-5-4-6-10-17,25-13-15-26-16-14-25)24-20(28)23-19-12-8-7-11-18(19)22/h4-12H,13-16H2,1-3H3,(H,23,28). The van der Waals surface area contributed by atoms with Crippen molar-refractivity contribution in [3.8, 4) is 0 Å². The molecular formula is C21H27ClN3OPS. The first-order chi connectivity index (χ1) is 13.3. The molecule has 1 unspecified atom stereocenters. The molecule has 0 spiro atoms. The fourth-order valence-electron chi connectivity index (χ4n) is 3.56. The monoisotopic (exact) mass is 435 g/mol. The molecule has 3 rings (SSSR count). The van der Waals surface area contributed by atoms with E-state index in [4.69, 9.17) is 33.3 Å². The van der Waals surface area contributed by atoms with Gasteiger partial charge in [-0.1, -0.05) is 74.8 Å². The predicted octanol–water partition coefficient (Wildman–Crippen LogP) is 5.61. The zero-order valence-electron chi connectivity index (χ0n) is 16.6. The highest BCUT2D eigenvalue weighted by molar-refractivity contribution is 7.82. The molecule has 0 saturated carbocycles. The Hall–Kier alpha value is -1.23. The van der Waals surface area contributed by atoms with Crippen molar-refractivity contribution in [1.29, 1.82) is 0 Å². The second-order valence-electron chi connectivity index (χ2n) is 7.68. The molecule has 1 aliphatic rings. The highest BCUT2D eigenvalue weighted by Gasteiger charge is 2.42. The number of thiocarbonyl (C=S) groups is 1. The quantitative estimate of drug-likeness (QED) is 0.502. The molecule has 150 valence electrons. The van der Waals surface area contributed by atoms with Gasteiger partial charge in [-0.05, 0) is 24.4 Å². The summed E-state index contributed by atoms with van der Waals surface area (Å²) in [5.74, 6) is 0. The molecule has 1 heterocycles. The summed E-state index contributed by atoms with van der Waals surface area (Å²) >= 11 is 12.0. The van der Waals surface area contributed by atoms with Crippen molar-refractivity contribution in [3.05, 3.63) is 59.6 Å². The van der Waals surface area contributed by atoms with Gasteiger partial charge in [-0.15, -0.1) is 0 Å².